The number of carbonyl (C=O) groups excluding carboxylic acids is 1. The first-order valence-corrected chi connectivity index (χ1v) is 7.62. The van der Waals surface area contributed by atoms with E-state index in [1.54, 1.807) is 10.9 Å². The van der Waals surface area contributed by atoms with Crippen LogP contribution in [-0.2, 0) is 17.8 Å². The molecule has 0 aliphatic heterocycles. The summed E-state index contributed by atoms with van der Waals surface area (Å²) in [7, 11) is 0. The maximum atomic E-state index is 12.3. The zero-order valence-electron chi connectivity index (χ0n) is 13.1. The quantitative estimate of drug-likeness (QED) is 0.785. The lowest BCUT2D eigenvalue weighted by Crippen LogP contribution is -2.18. The Balaban J connectivity index is 1.68. The highest BCUT2D eigenvalue weighted by molar-refractivity contribution is 5.91. The fourth-order valence-corrected chi connectivity index (χ4v) is 2.49. The Labute approximate surface area is 135 Å². The molecule has 3 aromatic rings. The highest BCUT2D eigenvalue weighted by Gasteiger charge is 2.09. The molecule has 0 radical (unpaired) electrons. The molecule has 0 saturated carbocycles. The van der Waals surface area contributed by atoms with Crippen LogP contribution >= 0.6 is 0 Å². The summed E-state index contributed by atoms with van der Waals surface area (Å²) >= 11 is 0. The summed E-state index contributed by atoms with van der Waals surface area (Å²) in [4.78, 5) is 12.3. The Kier molecular flexibility index (Phi) is 4.52. The van der Waals surface area contributed by atoms with E-state index in [9.17, 15) is 4.79 Å². The van der Waals surface area contributed by atoms with Crippen LogP contribution in [0, 0.1) is 6.92 Å². The third-order valence-corrected chi connectivity index (χ3v) is 3.77. The Hall–Kier alpha value is -2.88. The van der Waals surface area contributed by atoms with Gasteiger partial charge in [0.05, 0.1) is 19.2 Å². The van der Waals surface area contributed by atoms with Gasteiger partial charge in [-0.15, -0.1) is 0 Å². The number of hydrogen-bond acceptors (Lipinski definition) is 2. The minimum absolute atomic E-state index is 0.0332. The lowest BCUT2D eigenvalue weighted by molar-refractivity contribution is -0.115. The Morgan fingerprint density at radius 3 is 2.57 bits per heavy atom. The van der Waals surface area contributed by atoms with Crippen molar-refractivity contribution in [2.45, 2.75) is 19.9 Å². The summed E-state index contributed by atoms with van der Waals surface area (Å²) in [6, 6.07) is 19.8. The second-order valence-electron chi connectivity index (χ2n) is 5.51. The van der Waals surface area contributed by atoms with E-state index in [0.717, 1.165) is 16.7 Å². The van der Waals surface area contributed by atoms with Crippen LogP contribution in [0.4, 0.5) is 5.82 Å². The molecule has 1 heterocycles. The van der Waals surface area contributed by atoms with Crippen molar-refractivity contribution >= 4 is 11.7 Å². The number of aryl methyl sites for hydroxylation is 1. The molecule has 0 aliphatic carbocycles. The number of carbonyl (C=O) groups is 1. The van der Waals surface area contributed by atoms with Gasteiger partial charge in [-0.2, -0.15) is 5.10 Å². The normalized spacial score (nSPS) is 10.5. The molecule has 0 bridgehead atoms. The second kappa shape index (κ2) is 6.92. The van der Waals surface area contributed by atoms with Crippen LogP contribution in [0.3, 0.4) is 0 Å². The van der Waals surface area contributed by atoms with Crippen molar-refractivity contribution in [1.82, 2.24) is 9.78 Å². The van der Waals surface area contributed by atoms with Crippen molar-refractivity contribution in [3.05, 3.63) is 83.6 Å². The third-order valence-electron chi connectivity index (χ3n) is 3.77. The van der Waals surface area contributed by atoms with Gasteiger partial charge in [0.15, 0.2) is 0 Å². The summed E-state index contributed by atoms with van der Waals surface area (Å²) in [5.41, 5.74) is 3.31. The molecular formula is C19H19N3O. The number of nitrogens with one attached hydrogen (secondary N) is 1. The van der Waals surface area contributed by atoms with Gasteiger partial charge in [-0.25, -0.2) is 4.68 Å². The van der Waals surface area contributed by atoms with Gasteiger partial charge in [0, 0.05) is 6.07 Å². The molecule has 1 N–H and O–H groups in total. The van der Waals surface area contributed by atoms with E-state index in [1.807, 2.05) is 67.6 Å². The zero-order chi connectivity index (χ0) is 16.1. The largest absolute Gasteiger partial charge is 0.311 e. The number of aromatic nitrogens is 2. The number of nitrogens with zero attached hydrogens (tertiary/aromatic N) is 2. The Morgan fingerprint density at radius 2 is 1.78 bits per heavy atom. The van der Waals surface area contributed by atoms with Gasteiger partial charge in [0.2, 0.25) is 5.91 Å². The summed E-state index contributed by atoms with van der Waals surface area (Å²) in [6.45, 7) is 2.65. The lowest BCUT2D eigenvalue weighted by atomic mass is 10.1. The van der Waals surface area contributed by atoms with Crippen LogP contribution in [0.25, 0.3) is 0 Å². The average molecular weight is 305 g/mol. The van der Waals surface area contributed by atoms with Crippen molar-refractivity contribution in [1.29, 1.82) is 0 Å². The molecule has 0 spiro atoms. The molecule has 4 nitrogen and oxygen atoms in total. The number of hydrogen-bond donors (Lipinski definition) is 1. The lowest BCUT2D eigenvalue weighted by Gasteiger charge is -2.10. The van der Waals surface area contributed by atoms with E-state index >= 15 is 0 Å². The van der Waals surface area contributed by atoms with Gasteiger partial charge in [0.1, 0.15) is 5.82 Å². The van der Waals surface area contributed by atoms with E-state index in [2.05, 4.69) is 10.4 Å². The fraction of sp³-hybridized carbons (Fsp3) is 0.158. The number of benzene rings is 2. The van der Waals surface area contributed by atoms with Crippen LogP contribution < -0.4 is 5.32 Å². The van der Waals surface area contributed by atoms with Crippen LogP contribution in [0.15, 0.2) is 66.9 Å². The van der Waals surface area contributed by atoms with Crippen molar-refractivity contribution in [3.63, 3.8) is 0 Å². The molecule has 0 unspecified atom stereocenters. The second-order valence-corrected chi connectivity index (χ2v) is 5.51. The number of rotatable bonds is 5. The maximum Gasteiger partial charge on any atom is 0.229 e. The summed E-state index contributed by atoms with van der Waals surface area (Å²) in [5, 5.41) is 7.24. The van der Waals surface area contributed by atoms with Crippen molar-refractivity contribution in [2.75, 3.05) is 5.32 Å². The average Bonchev–Trinajstić information content (AvgIpc) is 2.97. The first kappa shape index (κ1) is 15.0. The molecule has 4 heteroatoms. The topological polar surface area (TPSA) is 46.9 Å². The fourth-order valence-electron chi connectivity index (χ4n) is 2.49. The molecule has 0 fully saturated rings. The Morgan fingerprint density at radius 1 is 1.04 bits per heavy atom. The molecule has 2 aromatic carbocycles. The first-order chi connectivity index (χ1) is 11.2. The molecule has 116 valence electrons. The van der Waals surface area contributed by atoms with Crippen molar-refractivity contribution < 1.29 is 4.79 Å². The first-order valence-electron chi connectivity index (χ1n) is 7.62. The maximum absolute atomic E-state index is 12.3. The summed E-state index contributed by atoms with van der Waals surface area (Å²) in [6.07, 6.45) is 2.06. The van der Waals surface area contributed by atoms with E-state index in [0.29, 0.717) is 18.8 Å². The number of anilines is 1. The van der Waals surface area contributed by atoms with E-state index < -0.39 is 0 Å². The molecular weight excluding hydrogens is 286 g/mol. The zero-order valence-corrected chi connectivity index (χ0v) is 13.1. The van der Waals surface area contributed by atoms with Crippen LogP contribution in [0.5, 0.6) is 0 Å². The van der Waals surface area contributed by atoms with Gasteiger partial charge in [0.25, 0.3) is 0 Å². The summed E-state index contributed by atoms with van der Waals surface area (Å²) in [5.74, 6) is 0.682. The standard InChI is InChI=1S/C19H19N3O/c1-15-7-5-6-10-17(15)13-19(23)21-18-11-12-20-22(18)14-16-8-3-2-4-9-16/h2-12H,13-14H2,1H3,(H,21,23). The number of amides is 1. The summed E-state index contributed by atoms with van der Waals surface area (Å²) < 4.78 is 1.80. The Bertz CT molecular complexity index is 793. The monoisotopic (exact) mass is 305 g/mol. The molecule has 0 saturated heterocycles. The predicted molar refractivity (Wildman–Crippen MR) is 91.3 cm³/mol. The van der Waals surface area contributed by atoms with Gasteiger partial charge in [-0.05, 0) is 23.6 Å². The SMILES string of the molecule is Cc1ccccc1CC(=O)Nc1ccnn1Cc1ccccc1. The smallest absolute Gasteiger partial charge is 0.229 e. The van der Waals surface area contributed by atoms with Crippen LogP contribution in [0.1, 0.15) is 16.7 Å². The van der Waals surface area contributed by atoms with E-state index in [-0.39, 0.29) is 5.91 Å². The molecule has 3 rings (SSSR count). The highest BCUT2D eigenvalue weighted by atomic mass is 16.1. The van der Waals surface area contributed by atoms with Gasteiger partial charge in [-0.3, -0.25) is 4.79 Å². The highest BCUT2D eigenvalue weighted by Crippen LogP contribution is 2.12. The molecule has 0 aliphatic rings. The van der Waals surface area contributed by atoms with E-state index in [4.69, 9.17) is 0 Å². The van der Waals surface area contributed by atoms with Gasteiger partial charge in [-0.1, -0.05) is 54.6 Å². The molecule has 1 aromatic heterocycles. The van der Waals surface area contributed by atoms with Crippen molar-refractivity contribution in [3.8, 4) is 0 Å². The van der Waals surface area contributed by atoms with Gasteiger partial charge < -0.3 is 5.32 Å². The molecule has 23 heavy (non-hydrogen) atoms. The van der Waals surface area contributed by atoms with Crippen LogP contribution in [0.2, 0.25) is 0 Å². The van der Waals surface area contributed by atoms with Crippen LogP contribution in [-0.4, -0.2) is 15.7 Å². The molecule has 1 amide bonds. The van der Waals surface area contributed by atoms with Crippen molar-refractivity contribution in [2.24, 2.45) is 0 Å². The predicted octanol–water partition coefficient (Wildman–Crippen LogP) is 3.42. The molecule has 0 atom stereocenters. The minimum Gasteiger partial charge on any atom is -0.311 e. The van der Waals surface area contributed by atoms with E-state index in [1.165, 1.54) is 0 Å². The third kappa shape index (κ3) is 3.86. The van der Waals surface area contributed by atoms with Gasteiger partial charge >= 0.3 is 0 Å². The minimum atomic E-state index is -0.0332.